The second-order valence-electron chi connectivity index (χ2n) is 5.95. The number of rotatable bonds is 8. The van der Waals surface area contributed by atoms with E-state index in [4.69, 9.17) is 15.2 Å². The molecule has 0 amide bonds. The lowest BCUT2D eigenvalue weighted by Crippen LogP contribution is -2.34. The van der Waals surface area contributed by atoms with Gasteiger partial charge in [0.15, 0.2) is 0 Å². The number of benzene rings is 1. The van der Waals surface area contributed by atoms with Gasteiger partial charge in [-0.1, -0.05) is 30.3 Å². The number of hydrogen-bond acceptors (Lipinski definition) is 7. The van der Waals surface area contributed by atoms with Crippen molar-refractivity contribution in [1.29, 1.82) is 0 Å². The van der Waals surface area contributed by atoms with Gasteiger partial charge in [0.05, 0.1) is 30.8 Å². The Bertz CT molecular complexity index is 744. The SMILES string of the molecule is CCOC(=O)C1=C(CSCCN)NC(C)=C(C(=O)OC)C1c1ccccc1. The van der Waals surface area contributed by atoms with Gasteiger partial charge in [-0.3, -0.25) is 0 Å². The van der Waals surface area contributed by atoms with E-state index in [0.717, 1.165) is 17.0 Å². The quantitative estimate of drug-likeness (QED) is 0.520. The fourth-order valence-corrected chi connectivity index (χ4v) is 3.82. The summed E-state index contributed by atoms with van der Waals surface area (Å²) in [7, 11) is 1.34. The van der Waals surface area contributed by atoms with Crippen LogP contribution < -0.4 is 11.1 Å². The molecular formula is C20H26N2O4S. The number of thioether (sulfide) groups is 1. The minimum absolute atomic E-state index is 0.253. The van der Waals surface area contributed by atoms with Crippen molar-refractivity contribution in [3.63, 3.8) is 0 Å². The third-order valence-electron chi connectivity index (χ3n) is 4.19. The van der Waals surface area contributed by atoms with Crippen LogP contribution in [-0.4, -0.2) is 43.7 Å². The number of dihydropyridines is 1. The molecule has 0 saturated carbocycles. The van der Waals surface area contributed by atoms with Crippen LogP contribution in [-0.2, 0) is 19.1 Å². The van der Waals surface area contributed by atoms with Crippen LogP contribution in [0.15, 0.2) is 52.9 Å². The molecule has 3 N–H and O–H groups in total. The maximum Gasteiger partial charge on any atom is 0.336 e. The Morgan fingerprint density at radius 2 is 1.89 bits per heavy atom. The van der Waals surface area contributed by atoms with Crippen molar-refractivity contribution in [2.45, 2.75) is 19.8 Å². The number of methoxy groups -OCH3 is 1. The van der Waals surface area contributed by atoms with Gasteiger partial charge in [0, 0.05) is 29.4 Å². The van der Waals surface area contributed by atoms with Gasteiger partial charge in [-0.15, -0.1) is 0 Å². The lowest BCUT2D eigenvalue weighted by atomic mass is 9.80. The van der Waals surface area contributed by atoms with Crippen LogP contribution in [0.3, 0.4) is 0 Å². The van der Waals surface area contributed by atoms with Gasteiger partial charge in [-0.25, -0.2) is 9.59 Å². The molecule has 1 heterocycles. The number of nitrogens with one attached hydrogen (secondary N) is 1. The lowest BCUT2D eigenvalue weighted by molar-refractivity contribution is -0.139. The van der Waals surface area contributed by atoms with Gasteiger partial charge in [0.1, 0.15) is 0 Å². The zero-order valence-corrected chi connectivity index (χ0v) is 16.7. The minimum atomic E-state index is -0.549. The number of carbonyl (C=O) groups is 2. The van der Waals surface area contributed by atoms with E-state index in [1.807, 2.05) is 37.3 Å². The first-order valence-corrected chi connectivity index (χ1v) is 9.99. The number of allylic oxidation sites excluding steroid dienone is 1. The molecule has 0 aromatic heterocycles. The molecule has 0 spiro atoms. The maximum atomic E-state index is 12.9. The Hall–Kier alpha value is -2.25. The largest absolute Gasteiger partial charge is 0.466 e. The predicted molar refractivity (Wildman–Crippen MR) is 107 cm³/mol. The molecule has 2 rings (SSSR count). The summed E-state index contributed by atoms with van der Waals surface area (Å²) in [6.07, 6.45) is 0. The molecule has 0 aliphatic carbocycles. The number of nitrogens with two attached hydrogens (primary N) is 1. The van der Waals surface area contributed by atoms with E-state index < -0.39 is 17.9 Å². The van der Waals surface area contributed by atoms with E-state index in [-0.39, 0.29) is 6.61 Å². The van der Waals surface area contributed by atoms with Crippen LogP contribution in [0.2, 0.25) is 0 Å². The summed E-state index contributed by atoms with van der Waals surface area (Å²) in [4.78, 5) is 25.4. The molecule has 146 valence electrons. The molecule has 1 atom stereocenters. The average Bonchev–Trinajstić information content (AvgIpc) is 2.68. The van der Waals surface area contributed by atoms with Crippen LogP contribution in [0.1, 0.15) is 25.3 Å². The Morgan fingerprint density at radius 1 is 1.19 bits per heavy atom. The van der Waals surface area contributed by atoms with Crippen LogP contribution in [0.5, 0.6) is 0 Å². The molecule has 7 heteroatoms. The minimum Gasteiger partial charge on any atom is -0.466 e. The van der Waals surface area contributed by atoms with Gasteiger partial charge in [0.2, 0.25) is 0 Å². The molecule has 0 bridgehead atoms. The predicted octanol–water partition coefficient (Wildman–Crippen LogP) is 2.33. The zero-order valence-electron chi connectivity index (χ0n) is 15.9. The third kappa shape index (κ3) is 4.93. The number of esters is 2. The Morgan fingerprint density at radius 3 is 2.48 bits per heavy atom. The molecule has 1 unspecified atom stereocenters. The summed E-state index contributed by atoms with van der Waals surface area (Å²) >= 11 is 1.62. The first kappa shape index (κ1) is 21.1. The smallest absolute Gasteiger partial charge is 0.336 e. The Kier molecular flexibility index (Phi) is 7.94. The fraction of sp³-hybridized carbons (Fsp3) is 0.400. The average molecular weight is 391 g/mol. The van der Waals surface area contributed by atoms with Crippen LogP contribution >= 0.6 is 11.8 Å². The van der Waals surface area contributed by atoms with Gasteiger partial charge < -0.3 is 20.5 Å². The summed E-state index contributed by atoms with van der Waals surface area (Å²) in [5.41, 5.74) is 8.70. The van der Waals surface area contributed by atoms with Crippen LogP contribution in [0.4, 0.5) is 0 Å². The second-order valence-corrected chi connectivity index (χ2v) is 7.06. The van der Waals surface area contributed by atoms with E-state index in [0.29, 0.717) is 29.1 Å². The zero-order chi connectivity index (χ0) is 19.8. The van der Waals surface area contributed by atoms with Gasteiger partial charge in [-0.05, 0) is 19.4 Å². The molecule has 0 fully saturated rings. The van der Waals surface area contributed by atoms with Gasteiger partial charge in [0.25, 0.3) is 0 Å². The first-order chi connectivity index (χ1) is 13.0. The summed E-state index contributed by atoms with van der Waals surface area (Å²) in [5.74, 6) is -0.113. The van der Waals surface area contributed by atoms with Crippen molar-refractivity contribution in [3.8, 4) is 0 Å². The molecular weight excluding hydrogens is 364 g/mol. The molecule has 1 aliphatic rings. The van der Waals surface area contributed by atoms with Crippen molar-refractivity contribution >= 4 is 23.7 Å². The number of carbonyl (C=O) groups excluding carboxylic acids is 2. The van der Waals surface area contributed by atoms with Crippen molar-refractivity contribution in [1.82, 2.24) is 5.32 Å². The van der Waals surface area contributed by atoms with Gasteiger partial charge in [-0.2, -0.15) is 11.8 Å². The standard InChI is InChI=1S/C20H26N2O4S/c1-4-26-20(24)18-15(12-27-11-10-21)22-13(2)16(19(23)25-3)17(18)14-8-6-5-7-9-14/h5-9,17,22H,4,10-12,21H2,1-3H3. The number of ether oxygens (including phenoxy) is 2. The molecule has 1 aromatic rings. The highest BCUT2D eigenvalue weighted by atomic mass is 32.2. The number of hydrogen-bond donors (Lipinski definition) is 2. The fourth-order valence-electron chi connectivity index (χ4n) is 3.08. The topological polar surface area (TPSA) is 90.6 Å². The first-order valence-electron chi connectivity index (χ1n) is 8.84. The van der Waals surface area contributed by atoms with E-state index in [9.17, 15) is 9.59 Å². The third-order valence-corrected chi connectivity index (χ3v) is 5.20. The van der Waals surface area contributed by atoms with Crippen molar-refractivity contribution < 1.29 is 19.1 Å². The second kappa shape index (κ2) is 10.2. The van der Waals surface area contributed by atoms with E-state index >= 15 is 0 Å². The van der Waals surface area contributed by atoms with E-state index in [2.05, 4.69) is 5.32 Å². The summed E-state index contributed by atoms with van der Waals surface area (Å²) < 4.78 is 10.3. The van der Waals surface area contributed by atoms with E-state index in [1.165, 1.54) is 7.11 Å². The molecule has 0 saturated heterocycles. The highest BCUT2D eigenvalue weighted by Gasteiger charge is 2.38. The molecule has 6 nitrogen and oxygen atoms in total. The lowest BCUT2D eigenvalue weighted by Gasteiger charge is -2.31. The molecule has 1 aliphatic heterocycles. The molecule has 0 radical (unpaired) electrons. The monoisotopic (exact) mass is 390 g/mol. The van der Waals surface area contributed by atoms with Crippen molar-refractivity contribution in [2.24, 2.45) is 5.73 Å². The van der Waals surface area contributed by atoms with Gasteiger partial charge >= 0.3 is 11.9 Å². The van der Waals surface area contributed by atoms with Crippen LogP contribution in [0, 0.1) is 0 Å². The Labute approximate surface area is 164 Å². The molecule has 1 aromatic carbocycles. The molecule has 27 heavy (non-hydrogen) atoms. The highest BCUT2D eigenvalue weighted by Crippen LogP contribution is 2.39. The van der Waals surface area contributed by atoms with Crippen molar-refractivity contribution in [2.75, 3.05) is 31.8 Å². The van der Waals surface area contributed by atoms with E-state index in [1.54, 1.807) is 18.7 Å². The summed E-state index contributed by atoms with van der Waals surface area (Å²) in [6, 6.07) is 9.46. The normalized spacial score (nSPS) is 16.8. The summed E-state index contributed by atoms with van der Waals surface area (Å²) in [5, 5.41) is 3.23. The highest BCUT2D eigenvalue weighted by molar-refractivity contribution is 7.99. The van der Waals surface area contributed by atoms with Crippen LogP contribution in [0.25, 0.3) is 0 Å². The summed E-state index contributed by atoms with van der Waals surface area (Å²) in [6.45, 7) is 4.38. The van der Waals surface area contributed by atoms with Crippen molar-refractivity contribution in [3.05, 3.63) is 58.4 Å². The maximum absolute atomic E-state index is 12.9. The Balaban J connectivity index is 2.60.